The number of cyclic esters (lactones) is 1. The van der Waals surface area contributed by atoms with Gasteiger partial charge in [-0.2, -0.15) is 0 Å². The van der Waals surface area contributed by atoms with E-state index in [0.29, 0.717) is 13.0 Å². The lowest BCUT2D eigenvalue weighted by Crippen LogP contribution is -2.21. The first kappa shape index (κ1) is 12.8. The maximum absolute atomic E-state index is 11.5. The lowest BCUT2D eigenvalue weighted by molar-refractivity contribution is -0.156. The molecule has 0 aromatic heterocycles. The van der Waals surface area contributed by atoms with Crippen molar-refractivity contribution in [1.29, 1.82) is 0 Å². The second-order valence-electron chi connectivity index (χ2n) is 3.74. The maximum Gasteiger partial charge on any atom is 0.347 e. The van der Waals surface area contributed by atoms with Gasteiger partial charge in [-0.25, -0.2) is 9.59 Å². The molecule has 0 unspecified atom stereocenters. The highest BCUT2D eigenvalue weighted by Gasteiger charge is 2.29. The van der Waals surface area contributed by atoms with Crippen molar-refractivity contribution in [3.05, 3.63) is 40.4 Å². The Hall–Kier alpha value is -1.62. The van der Waals surface area contributed by atoms with E-state index in [1.807, 2.05) is 24.3 Å². The number of carbonyl (C=O) groups is 2. The summed E-state index contributed by atoms with van der Waals surface area (Å²) in [5, 5.41) is 0. The van der Waals surface area contributed by atoms with Gasteiger partial charge >= 0.3 is 11.9 Å². The highest BCUT2D eigenvalue weighted by molar-refractivity contribution is 9.10. The van der Waals surface area contributed by atoms with Gasteiger partial charge in [0.2, 0.25) is 6.10 Å². The average molecular weight is 311 g/mol. The largest absolute Gasteiger partial charge is 0.463 e. The summed E-state index contributed by atoms with van der Waals surface area (Å²) in [6.45, 7) is 0.310. The summed E-state index contributed by atoms with van der Waals surface area (Å²) in [6.07, 6.45) is 2.59. The summed E-state index contributed by atoms with van der Waals surface area (Å²) in [4.78, 5) is 22.6. The van der Waals surface area contributed by atoms with Crippen LogP contribution in [0.1, 0.15) is 12.0 Å². The fourth-order valence-corrected chi connectivity index (χ4v) is 1.95. The van der Waals surface area contributed by atoms with Gasteiger partial charge in [-0.15, -0.1) is 0 Å². The highest BCUT2D eigenvalue weighted by Crippen LogP contribution is 2.17. The molecule has 1 heterocycles. The zero-order valence-electron chi connectivity index (χ0n) is 9.47. The van der Waals surface area contributed by atoms with Gasteiger partial charge in [-0.05, 0) is 17.7 Å². The number of esters is 2. The summed E-state index contributed by atoms with van der Waals surface area (Å²) >= 11 is 3.37. The van der Waals surface area contributed by atoms with Gasteiger partial charge in [-0.3, -0.25) is 0 Å². The van der Waals surface area contributed by atoms with Crippen molar-refractivity contribution < 1.29 is 19.1 Å². The second kappa shape index (κ2) is 5.82. The summed E-state index contributed by atoms with van der Waals surface area (Å²) < 4.78 is 10.6. The Morgan fingerprint density at radius 2 is 2.22 bits per heavy atom. The van der Waals surface area contributed by atoms with Crippen molar-refractivity contribution in [2.75, 3.05) is 6.61 Å². The van der Waals surface area contributed by atoms with Crippen LogP contribution in [0.25, 0.3) is 6.08 Å². The van der Waals surface area contributed by atoms with E-state index in [4.69, 9.17) is 9.47 Å². The zero-order chi connectivity index (χ0) is 13.0. The Morgan fingerprint density at radius 1 is 1.44 bits per heavy atom. The van der Waals surface area contributed by atoms with Crippen LogP contribution in [0.3, 0.4) is 0 Å². The third kappa shape index (κ3) is 3.20. The van der Waals surface area contributed by atoms with Crippen LogP contribution in [-0.4, -0.2) is 24.6 Å². The molecule has 1 fully saturated rings. The fraction of sp³-hybridized carbons (Fsp3) is 0.231. The Bertz CT molecular complexity index is 496. The molecule has 1 aliphatic rings. The molecule has 0 aliphatic carbocycles. The number of benzene rings is 1. The van der Waals surface area contributed by atoms with Crippen molar-refractivity contribution in [2.24, 2.45) is 0 Å². The van der Waals surface area contributed by atoms with Crippen LogP contribution in [0.2, 0.25) is 0 Å². The first-order valence-electron chi connectivity index (χ1n) is 5.46. The Labute approximate surface area is 113 Å². The van der Waals surface area contributed by atoms with Crippen molar-refractivity contribution in [1.82, 2.24) is 0 Å². The van der Waals surface area contributed by atoms with Crippen LogP contribution >= 0.6 is 15.9 Å². The molecule has 1 aromatic rings. The molecule has 0 radical (unpaired) electrons. The molecule has 18 heavy (non-hydrogen) atoms. The predicted octanol–water partition coefficient (Wildman–Crippen LogP) is 2.32. The monoisotopic (exact) mass is 310 g/mol. The number of hydrogen-bond donors (Lipinski definition) is 0. The van der Waals surface area contributed by atoms with E-state index in [0.717, 1.165) is 10.0 Å². The van der Waals surface area contributed by atoms with E-state index in [2.05, 4.69) is 15.9 Å². The summed E-state index contributed by atoms with van der Waals surface area (Å²) in [5.74, 6) is -1.02. The Kier molecular flexibility index (Phi) is 4.15. The molecule has 2 rings (SSSR count). The van der Waals surface area contributed by atoms with Gasteiger partial charge in [0.05, 0.1) is 6.61 Å². The van der Waals surface area contributed by atoms with Gasteiger partial charge < -0.3 is 9.47 Å². The van der Waals surface area contributed by atoms with Crippen molar-refractivity contribution >= 4 is 33.9 Å². The average Bonchev–Trinajstić information content (AvgIpc) is 2.74. The van der Waals surface area contributed by atoms with E-state index >= 15 is 0 Å². The van der Waals surface area contributed by atoms with Crippen LogP contribution in [0.5, 0.6) is 0 Å². The van der Waals surface area contributed by atoms with Crippen LogP contribution in [0.4, 0.5) is 0 Å². The lowest BCUT2D eigenvalue weighted by atomic mass is 10.2. The number of carbonyl (C=O) groups excluding carboxylic acids is 2. The first-order valence-corrected chi connectivity index (χ1v) is 6.26. The molecule has 0 saturated carbocycles. The second-order valence-corrected chi connectivity index (χ2v) is 4.59. The van der Waals surface area contributed by atoms with Gasteiger partial charge in [0.1, 0.15) is 0 Å². The summed E-state index contributed by atoms with van der Waals surface area (Å²) in [7, 11) is 0. The molecule has 1 saturated heterocycles. The van der Waals surface area contributed by atoms with Gasteiger partial charge in [-0.1, -0.05) is 34.1 Å². The van der Waals surface area contributed by atoms with Crippen LogP contribution in [-0.2, 0) is 19.1 Å². The smallest absolute Gasteiger partial charge is 0.347 e. The zero-order valence-corrected chi connectivity index (χ0v) is 11.1. The molecule has 5 heteroatoms. The molecule has 0 N–H and O–H groups in total. The maximum atomic E-state index is 11.5. The van der Waals surface area contributed by atoms with Crippen molar-refractivity contribution in [3.8, 4) is 0 Å². The van der Waals surface area contributed by atoms with Gasteiger partial charge in [0, 0.05) is 17.0 Å². The molecule has 0 bridgehead atoms. The molecule has 0 amide bonds. The quantitative estimate of drug-likeness (QED) is 0.635. The molecule has 1 aromatic carbocycles. The summed E-state index contributed by atoms with van der Waals surface area (Å²) in [5.41, 5.74) is 0.864. The number of rotatable bonds is 3. The van der Waals surface area contributed by atoms with E-state index in [-0.39, 0.29) is 0 Å². The Balaban J connectivity index is 1.95. The highest BCUT2D eigenvalue weighted by atomic mass is 79.9. The Morgan fingerprint density at radius 3 is 2.89 bits per heavy atom. The molecule has 1 aliphatic heterocycles. The number of ether oxygens (including phenoxy) is 2. The van der Waals surface area contributed by atoms with Crippen LogP contribution in [0, 0.1) is 0 Å². The predicted molar refractivity (Wildman–Crippen MR) is 68.6 cm³/mol. The fourth-order valence-electron chi connectivity index (χ4n) is 1.53. The molecule has 0 spiro atoms. The van der Waals surface area contributed by atoms with E-state index in [1.165, 1.54) is 6.08 Å². The van der Waals surface area contributed by atoms with Gasteiger partial charge in [0.25, 0.3) is 0 Å². The molecular weight excluding hydrogens is 300 g/mol. The lowest BCUT2D eigenvalue weighted by Gasteiger charge is -2.05. The third-order valence-corrected chi connectivity index (χ3v) is 3.17. The number of halogens is 1. The van der Waals surface area contributed by atoms with Gasteiger partial charge in [0.15, 0.2) is 0 Å². The molecular formula is C13H11BrO4. The summed E-state index contributed by atoms with van der Waals surface area (Å²) in [6, 6.07) is 7.48. The molecule has 94 valence electrons. The molecule has 4 nitrogen and oxygen atoms in total. The topological polar surface area (TPSA) is 52.6 Å². The normalized spacial score (nSPS) is 18.9. The standard InChI is InChI=1S/C13H11BrO4/c14-10-4-2-1-3-9(10)5-6-12(15)18-11-7-8-17-13(11)16/h1-6,11H,7-8H2/b6-5+/t11-/m0/s1. The van der Waals surface area contributed by atoms with E-state index in [1.54, 1.807) is 6.08 Å². The molecule has 1 atom stereocenters. The van der Waals surface area contributed by atoms with Crippen molar-refractivity contribution in [3.63, 3.8) is 0 Å². The van der Waals surface area contributed by atoms with Crippen LogP contribution in [0.15, 0.2) is 34.8 Å². The van der Waals surface area contributed by atoms with E-state index in [9.17, 15) is 9.59 Å². The van der Waals surface area contributed by atoms with Crippen molar-refractivity contribution in [2.45, 2.75) is 12.5 Å². The minimum Gasteiger partial charge on any atom is -0.463 e. The SMILES string of the molecule is O=C(/C=C/c1ccccc1Br)O[C@H]1CCOC1=O. The van der Waals surface area contributed by atoms with E-state index < -0.39 is 18.0 Å². The third-order valence-electron chi connectivity index (χ3n) is 2.45. The number of hydrogen-bond acceptors (Lipinski definition) is 4. The van der Waals surface area contributed by atoms with Crippen LogP contribution < -0.4 is 0 Å². The minimum atomic E-state index is -0.763. The minimum absolute atomic E-state index is 0.310. The first-order chi connectivity index (χ1) is 8.66.